The molecule has 0 bridgehead atoms. The Morgan fingerprint density at radius 2 is 2.00 bits per heavy atom. The number of nitrogens with one attached hydrogen (secondary N) is 1. The largest absolute Gasteiger partial charge is 0.345 e. The highest BCUT2D eigenvalue weighted by Crippen LogP contribution is 2.41. The van der Waals surface area contributed by atoms with Crippen molar-refractivity contribution >= 4 is 5.78 Å². The van der Waals surface area contributed by atoms with Crippen LogP contribution in [0.2, 0.25) is 0 Å². The lowest BCUT2D eigenvalue weighted by Crippen LogP contribution is -2.24. The Kier molecular flexibility index (Phi) is 1.78. The first-order valence-electron chi connectivity index (χ1n) is 5.42. The van der Waals surface area contributed by atoms with Crippen LogP contribution in [0.3, 0.4) is 0 Å². The summed E-state index contributed by atoms with van der Waals surface area (Å²) in [5.41, 5.74) is 2.00. The Morgan fingerprint density at radius 3 is 2.73 bits per heavy atom. The van der Waals surface area contributed by atoms with Gasteiger partial charge in [-0.15, -0.1) is 0 Å². The smallest absolute Gasteiger partial charge is 0.309 e. The third kappa shape index (κ3) is 1.40. The lowest BCUT2D eigenvalue weighted by atomic mass is 9.92. The van der Waals surface area contributed by atoms with Gasteiger partial charge in [0.05, 0.1) is 11.3 Å². The van der Waals surface area contributed by atoms with Gasteiger partial charge >= 0.3 is 5.69 Å². The molecule has 0 atom stereocenters. The summed E-state index contributed by atoms with van der Waals surface area (Å²) >= 11 is 0. The summed E-state index contributed by atoms with van der Waals surface area (Å²) in [5.74, 6) is 0.519. The van der Waals surface area contributed by atoms with Crippen LogP contribution in [0.1, 0.15) is 53.3 Å². The SMILES string of the molecule is O=C1CCCc2[nH]c(=O)nc(C3CC3)c21. The fraction of sp³-hybridized carbons (Fsp3) is 0.545. The van der Waals surface area contributed by atoms with Crippen LogP contribution in [0, 0.1) is 0 Å². The minimum Gasteiger partial charge on any atom is -0.309 e. The van der Waals surface area contributed by atoms with Crippen molar-refractivity contribution in [3.05, 3.63) is 27.4 Å². The van der Waals surface area contributed by atoms with E-state index in [-0.39, 0.29) is 11.5 Å². The molecule has 0 unspecified atom stereocenters. The second kappa shape index (κ2) is 3.02. The Morgan fingerprint density at radius 1 is 1.20 bits per heavy atom. The molecule has 0 aromatic carbocycles. The number of hydrogen-bond donors (Lipinski definition) is 1. The highest BCUT2D eigenvalue weighted by molar-refractivity contribution is 5.99. The zero-order chi connectivity index (χ0) is 10.4. The first kappa shape index (κ1) is 8.83. The van der Waals surface area contributed by atoms with Gasteiger partial charge in [-0.25, -0.2) is 4.79 Å². The standard InChI is InChI=1S/C11H12N2O2/c14-8-3-1-2-7-9(8)10(6-4-5-6)13-11(15)12-7/h6H,1-5H2,(H,12,13,15). The van der Waals surface area contributed by atoms with Gasteiger partial charge in [-0.05, 0) is 25.7 Å². The first-order chi connectivity index (χ1) is 7.25. The molecule has 3 rings (SSSR count). The Bertz CT molecular complexity index is 486. The van der Waals surface area contributed by atoms with Crippen molar-refractivity contribution in [1.82, 2.24) is 9.97 Å². The van der Waals surface area contributed by atoms with E-state index < -0.39 is 0 Å². The van der Waals surface area contributed by atoms with Gasteiger partial charge in [0, 0.05) is 18.0 Å². The van der Waals surface area contributed by atoms with E-state index in [2.05, 4.69) is 9.97 Å². The molecule has 2 aliphatic rings. The number of ketones is 1. The Hall–Kier alpha value is -1.45. The van der Waals surface area contributed by atoms with E-state index in [1.165, 1.54) is 0 Å². The minimum atomic E-state index is -0.301. The van der Waals surface area contributed by atoms with Crippen LogP contribution >= 0.6 is 0 Å². The first-order valence-corrected chi connectivity index (χ1v) is 5.42. The van der Waals surface area contributed by atoms with Crippen LogP contribution in [0.5, 0.6) is 0 Å². The summed E-state index contributed by atoms with van der Waals surface area (Å²) in [6, 6.07) is 0. The summed E-state index contributed by atoms with van der Waals surface area (Å²) in [6.45, 7) is 0. The van der Waals surface area contributed by atoms with E-state index in [1.807, 2.05) is 0 Å². The van der Waals surface area contributed by atoms with Gasteiger partial charge in [0.25, 0.3) is 0 Å². The maximum atomic E-state index is 11.8. The Labute approximate surface area is 86.7 Å². The number of hydrogen-bond acceptors (Lipinski definition) is 3. The predicted molar refractivity (Wildman–Crippen MR) is 54.1 cm³/mol. The number of aromatic amines is 1. The molecular weight excluding hydrogens is 192 g/mol. The fourth-order valence-electron chi connectivity index (χ4n) is 2.24. The summed E-state index contributed by atoms with van der Waals surface area (Å²) in [6.07, 6.45) is 4.38. The topological polar surface area (TPSA) is 62.8 Å². The van der Waals surface area contributed by atoms with Crippen molar-refractivity contribution in [2.45, 2.75) is 38.0 Å². The molecule has 1 N–H and O–H groups in total. The van der Waals surface area contributed by atoms with Crippen molar-refractivity contribution < 1.29 is 4.79 Å². The van der Waals surface area contributed by atoms with Gasteiger partial charge in [-0.3, -0.25) is 4.79 Å². The zero-order valence-electron chi connectivity index (χ0n) is 8.38. The van der Waals surface area contributed by atoms with Gasteiger partial charge in [-0.2, -0.15) is 4.98 Å². The highest BCUT2D eigenvalue weighted by Gasteiger charge is 2.33. The van der Waals surface area contributed by atoms with E-state index in [1.54, 1.807) is 0 Å². The Balaban J connectivity index is 2.24. The number of carbonyl (C=O) groups excluding carboxylic acids is 1. The van der Waals surface area contributed by atoms with E-state index >= 15 is 0 Å². The molecule has 78 valence electrons. The molecule has 1 heterocycles. The monoisotopic (exact) mass is 204 g/mol. The van der Waals surface area contributed by atoms with Crippen LogP contribution in [0.15, 0.2) is 4.79 Å². The van der Waals surface area contributed by atoms with Gasteiger partial charge in [0.2, 0.25) is 0 Å². The van der Waals surface area contributed by atoms with Crippen molar-refractivity contribution in [2.75, 3.05) is 0 Å². The molecule has 0 saturated heterocycles. The van der Waals surface area contributed by atoms with Crippen molar-refractivity contribution in [3.8, 4) is 0 Å². The molecule has 1 aromatic rings. The summed E-state index contributed by atoms with van der Waals surface area (Å²) in [5, 5.41) is 0. The molecule has 0 spiro atoms. The van der Waals surface area contributed by atoms with Crippen LogP contribution in [-0.2, 0) is 6.42 Å². The van der Waals surface area contributed by atoms with Gasteiger partial charge < -0.3 is 4.98 Å². The molecule has 0 amide bonds. The van der Waals surface area contributed by atoms with Crippen LogP contribution in [0.4, 0.5) is 0 Å². The molecule has 1 aromatic heterocycles. The molecule has 0 aliphatic heterocycles. The van der Waals surface area contributed by atoms with Gasteiger partial charge in [0.1, 0.15) is 0 Å². The fourth-order valence-corrected chi connectivity index (χ4v) is 2.24. The van der Waals surface area contributed by atoms with Crippen molar-refractivity contribution in [1.29, 1.82) is 0 Å². The number of Topliss-reactive ketones (excluding diaryl/α,β-unsaturated/α-hetero) is 1. The predicted octanol–water partition coefficient (Wildman–Crippen LogP) is 1.17. The lowest BCUT2D eigenvalue weighted by molar-refractivity contribution is 0.0969. The maximum absolute atomic E-state index is 11.8. The van der Waals surface area contributed by atoms with Crippen LogP contribution < -0.4 is 5.69 Å². The summed E-state index contributed by atoms with van der Waals surface area (Å²) in [4.78, 5) is 29.8. The second-order valence-electron chi connectivity index (χ2n) is 4.33. The molecular formula is C11H12N2O2. The normalized spacial score (nSPS) is 20.1. The zero-order valence-corrected chi connectivity index (χ0v) is 8.38. The number of carbonyl (C=O) groups is 1. The number of aromatic nitrogens is 2. The van der Waals surface area contributed by atoms with Crippen molar-refractivity contribution in [3.63, 3.8) is 0 Å². The highest BCUT2D eigenvalue weighted by atomic mass is 16.1. The number of H-pyrrole nitrogens is 1. The van der Waals surface area contributed by atoms with Crippen molar-refractivity contribution in [2.24, 2.45) is 0 Å². The molecule has 1 fully saturated rings. The minimum absolute atomic E-state index is 0.155. The van der Waals surface area contributed by atoms with E-state index in [9.17, 15) is 9.59 Å². The van der Waals surface area contributed by atoms with Gasteiger partial charge in [0.15, 0.2) is 5.78 Å². The number of fused-ring (bicyclic) bond motifs is 1. The van der Waals surface area contributed by atoms with E-state index in [4.69, 9.17) is 0 Å². The molecule has 4 nitrogen and oxygen atoms in total. The quantitative estimate of drug-likeness (QED) is 0.746. The van der Waals surface area contributed by atoms with Crippen LogP contribution in [-0.4, -0.2) is 15.8 Å². The summed E-state index contributed by atoms with van der Waals surface area (Å²) < 4.78 is 0. The maximum Gasteiger partial charge on any atom is 0.345 e. The van der Waals surface area contributed by atoms with E-state index in [0.717, 1.165) is 42.6 Å². The average molecular weight is 204 g/mol. The molecule has 2 aliphatic carbocycles. The third-order valence-electron chi connectivity index (χ3n) is 3.11. The summed E-state index contributed by atoms with van der Waals surface area (Å²) in [7, 11) is 0. The molecule has 4 heteroatoms. The molecule has 15 heavy (non-hydrogen) atoms. The third-order valence-corrected chi connectivity index (χ3v) is 3.11. The van der Waals surface area contributed by atoms with E-state index in [0.29, 0.717) is 12.3 Å². The van der Waals surface area contributed by atoms with Gasteiger partial charge in [-0.1, -0.05) is 0 Å². The average Bonchev–Trinajstić information content (AvgIpc) is 2.99. The molecule has 1 saturated carbocycles. The second-order valence-corrected chi connectivity index (χ2v) is 4.33. The number of nitrogens with zero attached hydrogens (tertiary/aromatic N) is 1. The number of aryl methyl sites for hydroxylation is 1. The lowest BCUT2D eigenvalue weighted by Gasteiger charge is -2.16. The van der Waals surface area contributed by atoms with Crippen LogP contribution in [0.25, 0.3) is 0 Å². The molecule has 0 radical (unpaired) electrons. The number of rotatable bonds is 1.